The van der Waals surface area contributed by atoms with Gasteiger partial charge in [0.05, 0.1) is 5.92 Å². The molecule has 4 rings (SSSR count). The first kappa shape index (κ1) is 18.3. The Kier molecular flexibility index (Phi) is 4.90. The van der Waals surface area contributed by atoms with Crippen LogP contribution in [0.15, 0.2) is 47.0 Å². The smallest absolute Gasteiger partial charge is 0.232 e. The molecule has 1 fully saturated rings. The summed E-state index contributed by atoms with van der Waals surface area (Å²) in [5.41, 5.74) is 2.34. The third kappa shape index (κ3) is 3.65. The predicted molar refractivity (Wildman–Crippen MR) is 98.2 cm³/mol. The van der Waals surface area contributed by atoms with Gasteiger partial charge in [0.1, 0.15) is 11.6 Å². The largest absolute Gasteiger partial charge is 0.339 e. The Hall–Kier alpha value is -3.09. The lowest BCUT2D eigenvalue weighted by Gasteiger charge is -2.16. The molecule has 2 heterocycles. The number of aromatic nitrogens is 2. The second kappa shape index (κ2) is 7.50. The molecular weight excluding hydrogens is 364 g/mol. The second-order valence-corrected chi connectivity index (χ2v) is 6.92. The van der Waals surface area contributed by atoms with Crippen LogP contribution in [0.25, 0.3) is 11.4 Å². The molecule has 0 bridgehead atoms. The average molecular weight is 383 g/mol. The molecule has 0 saturated carbocycles. The number of hydrogen-bond acceptors (Lipinski definition) is 4. The highest BCUT2D eigenvalue weighted by molar-refractivity contribution is 5.79. The summed E-state index contributed by atoms with van der Waals surface area (Å²) in [6.45, 7) is 2.52. The molecule has 5 nitrogen and oxygen atoms in total. The molecular formula is C21H19F2N3O2. The van der Waals surface area contributed by atoms with E-state index >= 15 is 0 Å². The number of carbonyl (C=O) groups is 1. The average Bonchev–Trinajstić information content (AvgIpc) is 3.31. The number of carbonyl (C=O) groups excluding carboxylic acids is 1. The van der Waals surface area contributed by atoms with E-state index in [1.54, 1.807) is 0 Å². The van der Waals surface area contributed by atoms with Crippen LogP contribution < -0.4 is 0 Å². The van der Waals surface area contributed by atoms with Crippen LogP contribution >= 0.6 is 0 Å². The van der Waals surface area contributed by atoms with Gasteiger partial charge < -0.3 is 9.42 Å². The monoisotopic (exact) mass is 383 g/mol. The fourth-order valence-corrected chi connectivity index (χ4v) is 3.35. The molecule has 7 heteroatoms. The second-order valence-electron chi connectivity index (χ2n) is 6.92. The summed E-state index contributed by atoms with van der Waals surface area (Å²) in [4.78, 5) is 18.3. The fourth-order valence-electron chi connectivity index (χ4n) is 3.35. The van der Waals surface area contributed by atoms with Gasteiger partial charge in [-0.1, -0.05) is 42.4 Å². The highest BCUT2D eigenvalue weighted by Gasteiger charge is 2.34. The Morgan fingerprint density at radius 2 is 1.96 bits per heavy atom. The van der Waals surface area contributed by atoms with Crippen molar-refractivity contribution in [2.45, 2.75) is 32.2 Å². The van der Waals surface area contributed by atoms with E-state index in [1.807, 2.05) is 24.3 Å². The van der Waals surface area contributed by atoms with Crippen LogP contribution in [-0.2, 0) is 17.8 Å². The minimum absolute atomic E-state index is 0.0842. The van der Waals surface area contributed by atoms with E-state index in [9.17, 15) is 13.6 Å². The van der Waals surface area contributed by atoms with Crippen molar-refractivity contribution in [3.8, 4) is 11.4 Å². The van der Waals surface area contributed by atoms with E-state index in [-0.39, 0.29) is 30.4 Å². The summed E-state index contributed by atoms with van der Waals surface area (Å²) in [5.74, 6) is -0.796. The molecule has 1 aliphatic rings. The van der Waals surface area contributed by atoms with Crippen molar-refractivity contribution in [2.24, 2.45) is 0 Å². The van der Waals surface area contributed by atoms with Gasteiger partial charge >= 0.3 is 0 Å². The van der Waals surface area contributed by atoms with Crippen LogP contribution in [0.1, 0.15) is 36.3 Å². The Morgan fingerprint density at radius 3 is 2.68 bits per heavy atom. The molecule has 0 N–H and O–H groups in total. The number of likely N-dealkylation sites (tertiary alicyclic amines) is 1. The minimum atomic E-state index is -0.660. The number of nitrogens with zero attached hydrogens (tertiary/aromatic N) is 3. The van der Waals surface area contributed by atoms with Gasteiger partial charge in [-0.25, -0.2) is 8.78 Å². The maximum Gasteiger partial charge on any atom is 0.232 e. The van der Waals surface area contributed by atoms with E-state index in [0.717, 1.165) is 18.1 Å². The Balaban J connectivity index is 1.47. The molecule has 1 aromatic heterocycles. The van der Waals surface area contributed by atoms with Gasteiger partial charge in [-0.05, 0) is 18.1 Å². The zero-order valence-electron chi connectivity index (χ0n) is 15.4. The predicted octanol–water partition coefficient (Wildman–Crippen LogP) is 4.09. The zero-order chi connectivity index (χ0) is 19.7. The molecule has 3 aromatic rings. The number of hydrogen-bond donors (Lipinski definition) is 0. The first-order valence-corrected chi connectivity index (χ1v) is 9.18. The van der Waals surface area contributed by atoms with E-state index in [4.69, 9.17) is 4.52 Å². The molecule has 28 heavy (non-hydrogen) atoms. The molecule has 0 spiro atoms. The van der Waals surface area contributed by atoms with E-state index in [2.05, 4.69) is 17.1 Å². The lowest BCUT2D eigenvalue weighted by molar-refractivity contribution is -0.128. The molecule has 1 atom stereocenters. The van der Waals surface area contributed by atoms with Crippen molar-refractivity contribution in [2.75, 3.05) is 6.54 Å². The number of rotatable bonds is 5. The highest BCUT2D eigenvalue weighted by Crippen LogP contribution is 2.30. The van der Waals surface area contributed by atoms with Crippen LogP contribution in [0, 0.1) is 11.6 Å². The van der Waals surface area contributed by atoms with Gasteiger partial charge in [0.25, 0.3) is 0 Å². The normalized spacial score (nSPS) is 16.8. The summed E-state index contributed by atoms with van der Waals surface area (Å²) in [5, 5.41) is 4.03. The zero-order valence-corrected chi connectivity index (χ0v) is 15.4. The molecule has 1 saturated heterocycles. The van der Waals surface area contributed by atoms with E-state index in [0.29, 0.717) is 18.3 Å². The van der Waals surface area contributed by atoms with Crippen molar-refractivity contribution in [3.05, 3.63) is 71.1 Å². The van der Waals surface area contributed by atoms with Crippen LogP contribution in [-0.4, -0.2) is 27.5 Å². The lowest BCUT2D eigenvalue weighted by atomic mass is 10.1. The van der Waals surface area contributed by atoms with E-state index < -0.39 is 11.6 Å². The minimum Gasteiger partial charge on any atom is -0.339 e. The quantitative estimate of drug-likeness (QED) is 0.666. The van der Waals surface area contributed by atoms with Gasteiger partial charge in [0.2, 0.25) is 17.6 Å². The summed E-state index contributed by atoms with van der Waals surface area (Å²) in [7, 11) is 0. The molecule has 0 aliphatic carbocycles. The number of aryl methyl sites for hydroxylation is 1. The van der Waals surface area contributed by atoms with E-state index in [1.165, 1.54) is 22.6 Å². The highest BCUT2D eigenvalue weighted by atomic mass is 19.1. The summed E-state index contributed by atoms with van der Waals surface area (Å²) < 4.78 is 32.3. The third-order valence-corrected chi connectivity index (χ3v) is 5.00. The Labute approximate surface area is 161 Å². The Bertz CT molecular complexity index is 1000. The molecule has 1 aliphatic heterocycles. The van der Waals surface area contributed by atoms with Crippen LogP contribution in [0.3, 0.4) is 0 Å². The standard InChI is InChI=1S/C21H19F2N3O2/c1-2-13-3-5-14(6-4-13)20-24-21(28-25-20)16-9-19(27)26(12-16)11-15-7-8-17(22)10-18(15)23/h3-8,10,16H,2,9,11-12H2,1H3. The maximum absolute atomic E-state index is 13.9. The van der Waals surface area contributed by atoms with Gasteiger partial charge in [-0.15, -0.1) is 0 Å². The van der Waals surface area contributed by atoms with Crippen molar-refractivity contribution >= 4 is 5.91 Å². The van der Waals surface area contributed by atoms with Gasteiger partial charge in [0, 0.05) is 36.7 Å². The molecule has 2 aromatic carbocycles. The van der Waals surface area contributed by atoms with Gasteiger partial charge in [0.15, 0.2) is 0 Å². The van der Waals surface area contributed by atoms with Gasteiger partial charge in [-0.3, -0.25) is 4.79 Å². The number of amides is 1. The summed E-state index contributed by atoms with van der Waals surface area (Å²) in [6, 6.07) is 11.3. The molecule has 0 radical (unpaired) electrons. The maximum atomic E-state index is 13.9. The van der Waals surface area contributed by atoms with Crippen LogP contribution in [0.2, 0.25) is 0 Å². The Morgan fingerprint density at radius 1 is 1.18 bits per heavy atom. The molecule has 1 unspecified atom stereocenters. The van der Waals surface area contributed by atoms with Gasteiger partial charge in [-0.2, -0.15) is 4.98 Å². The summed E-state index contributed by atoms with van der Waals surface area (Å²) in [6.07, 6.45) is 1.17. The topological polar surface area (TPSA) is 59.2 Å². The van der Waals surface area contributed by atoms with Crippen molar-refractivity contribution < 1.29 is 18.1 Å². The first-order chi connectivity index (χ1) is 13.5. The number of halogens is 2. The van der Waals surface area contributed by atoms with Crippen LogP contribution in [0.4, 0.5) is 8.78 Å². The van der Waals surface area contributed by atoms with Crippen molar-refractivity contribution in [1.82, 2.24) is 15.0 Å². The lowest BCUT2D eigenvalue weighted by Crippen LogP contribution is -2.25. The van der Waals surface area contributed by atoms with Crippen LogP contribution in [0.5, 0.6) is 0 Å². The molecule has 144 valence electrons. The third-order valence-electron chi connectivity index (χ3n) is 5.00. The van der Waals surface area contributed by atoms with Crippen molar-refractivity contribution in [1.29, 1.82) is 0 Å². The summed E-state index contributed by atoms with van der Waals surface area (Å²) >= 11 is 0. The van der Waals surface area contributed by atoms with Crippen molar-refractivity contribution in [3.63, 3.8) is 0 Å². The molecule has 1 amide bonds. The first-order valence-electron chi connectivity index (χ1n) is 9.18. The fraction of sp³-hybridized carbons (Fsp3) is 0.286. The SMILES string of the molecule is CCc1ccc(-c2noc(C3CC(=O)N(Cc4ccc(F)cc4F)C3)n2)cc1. The number of benzene rings is 2.